The third-order valence-corrected chi connectivity index (χ3v) is 1.97. The number of hydrogen-bond acceptors (Lipinski definition) is 5. The minimum Gasteiger partial charge on any atom is -0.487 e. The highest BCUT2D eigenvalue weighted by molar-refractivity contribution is 5.48. The molecule has 0 unspecified atom stereocenters. The molecule has 0 aliphatic heterocycles. The Kier molecular flexibility index (Phi) is 5.13. The molecule has 0 aliphatic rings. The van der Waals surface area contributed by atoms with Crippen LogP contribution in [0, 0.1) is 10.1 Å². The van der Waals surface area contributed by atoms with E-state index in [4.69, 9.17) is 14.6 Å². The molecule has 1 aromatic rings. The zero-order valence-corrected chi connectivity index (χ0v) is 10.0. The maximum Gasteiger partial charge on any atom is 0.273 e. The molecule has 0 bridgehead atoms. The molecule has 0 radical (unpaired) electrons. The van der Waals surface area contributed by atoms with Crippen LogP contribution in [-0.4, -0.2) is 29.3 Å². The van der Waals surface area contributed by atoms with Crippen molar-refractivity contribution >= 4 is 5.69 Å². The molecular formula is C12H15NO5. The Morgan fingerprint density at radius 1 is 1.50 bits per heavy atom. The van der Waals surface area contributed by atoms with E-state index < -0.39 is 11.0 Å². The molecule has 1 aromatic carbocycles. The summed E-state index contributed by atoms with van der Waals surface area (Å²) in [5.41, 5.74) is -0.0848. The smallest absolute Gasteiger partial charge is 0.273 e. The Bertz CT molecular complexity index is 430. The number of ether oxygens (including phenoxy) is 2. The highest BCUT2D eigenvalue weighted by atomic mass is 16.6. The van der Waals surface area contributed by atoms with Crippen molar-refractivity contribution < 1.29 is 19.5 Å². The number of benzene rings is 1. The molecule has 0 saturated heterocycles. The van der Waals surface area contributed by atoms with Gasteiger partial charge in [-0.1, -0.05) is 12.7 Å². The van der Waals surface area contributed by atoms with Gasteiger partial charge in [0.15, 0.2) is 11.5 Å². The SMILES string of the molecule is C=CCOc1cc([N+](=O)[O-])ccc1OC[C@@H](C)O. The highest BCUT2D eigenvalue weighted by Crippen LogP contribution is 2.31. The molecule has 0 fully saturated rings. The van der Waals surface area contributed by atoms with E-state index in [-0.39, 0.29) is 24.7 Å². The first-order valence-corrected chi connectivity index (χ1v) is 5.37. The van der Waals surface area contributed by atoms with Gasteiger partial charge in [-0.05, 0) is 13.0 Å². The molecule has 0 amide bonds. The second-order valence-electron chi connectivity index (χ2n) is 3.65. The first-order chi connectivity index (χ1) is 8.54. The fourth-order valence-corrected chi connectivity index (χ4v) is 1.20. The van der Waals surface area contributed by atoms with Gasteiger partial charge in [0, 0.05) is 6.07 Å². The van der Waals surface area contributed by atoms with Crippen LogP contribution in [-0.2, 0) is 0 Å². The van der Waals surface area contributed by atoms with Crippen molar-refractivity contribution in [1.82, 2.24) is 0 Å². The number of nitrogens with zero attached hydrogens (tertiary/aromatic N) is 1. The number of hydrogen-bond donors (Lipinski definition) is 1. The molecule has 0 aliphatic carbocycles. The zero-order valence-electron chi connectivity index (χ0n) is 10.0. The summed E-state index contributed by atoms with van der Waals surface area (Å²) in [4.78, 5) is 10.1. The standard InChI is InChI=1S/C12H15NO5/c1-3-6-17-12-7-10(13(15)16)4-5-11(12)18-8-9(2)14/h3-5,7,9,14H,1,6,8H2,2H3/t9-/m1/s1. The number of rotatable bonds is 7. The van der Waals surface area contributed by atoms with Gasteiger partial charge in [-0.2, -0.15) is 0 Å². The first kappa shape index (κ1) is 14.0. The monoisotopic (exact) mass is 253 g/mol. The van der Waals surface area contributed by atoms with Crippen LogP contribution in [0.1, 0.15) is 6.92 Å². The highest BCUT2D eigenvalue weighted by Gasteiger charge is 2.13. The fourth-order valence-electron chi connectivity index (χ4n) is 1.20. The van der Waals surface area contributed by atoms with Crippen LogP contribution in [0.3, 0.4) is 0 Å². The van der Waals surface area contributed by atoms with Crippen molar-refractivity contribution in [3.63, 3.8) is 0 Å². The van der Waals surface area contributed by atoms with E-state index in [1.54, 1.807) is 6.92 Å². The van der Waals surface area contributed by atoms with Gasteiger partial charge in [0.2, 0.25) is 0 Å². The summed E-state index contributed by atoms with van der Waals surface area (Å²) in [7, 11) is 0. The van der Waals surface area contributed by atoms with Crippen LogP contribution in [0.15, 0.2) is 30.9 Å². The van der Waals surface area contributed by atoms with E-state index in [2.05, 4.69) is 6.58 Å². The van der Waals surface area contributed by atoms with Gasteiger partial charge in [0.25, 0.3) is 5.69 Å². The summed E-state index contributed by atoms with van der Waals surface area (Å²) >= 11 is 0. The van der Waals surface area contributed by atoms with E-state index in [0.29, 0.717) is 5.75 Å². The summed E-state index contributed by atoms with van der Waals surface area (Å²) in [5.74, 6) is 0.605. The summed E-state index contributed by atoms with van der Waals surface area (Å²) in [5, 5.41) is 19.8. The lowest BCUT2D eigenvalue weighted by atomic mass is 10.3. The molecule has 1 N–H and O–H groups in total. The Labute approximate surface area is 105 Å². The van der Waals surface area contributed by atoms with Crippen LogP contribution in [0.5, 0.6) is 11.5 Å². The van der Waals surface area contributed by atoms with E-state index >= 15 is 0 Å². The van der Waals surface area contributed by atoms with E-state index in [0.717, 1.165) is 0 Å². The van der Waals surface area contributed by atoms with Crippen molar-refractivity contribution in [2.45, 2.75) is 13.0 Å². The molecule has 98 valence electrons. The third-order valence-electron chi connectivity index (χ3n) is 1.97. The van der Waals surface area contributed by atoms with E-state index in [1.807, 2.05) is 0 Å². The second-order valence-corrected chi connectivity index (χ2v) is 3.65. The molecule has 1 atom stereocenters. The normalized spacial score (nSPS) is 11.7. The van der Waals surface area contributed by atoms with Crippen LogP contribution >= 0.6 is 0 Å². The van der Waals surface area contributed by atoms with Gasteiger partial charge < -0.3 is 14.6 Å². The van der Waals surface area contributed by atoms with Crippen molar-refractivity contribution in [2.75, 3.05) is 13.2 Å². The van der Waals surface area contributed by atoms with E-state index in [1.165, 1.54) is 24.3 Å². The van der Waals surface area contributed by atoms with Crippen LogP contribution < -0.4 is 9.47 Å². The van der Waals surface area contributed by atoms with Crippen molar-refractivity contribution in [3.8, 4) is 11.5 Å². The number of non-ortho nitro benzene ring substituents is 1. The van der Waals surface area contributed by atoms with E-state index in [9.17, 15) is 10.1 Å². The van der Waals surface area contributed by atoms with Gasteiger partial charge in [-0.25, -0.2) is 0 Å². The van der Waals surface area contributed by atoms with Gasteiger partial charge in [-0.15, -0.1) is 0 Å². The Hall–Kier alpha value is -2.08. The summed E-state index contributed by atoms with van der Waals surface area (Å²) in [6, 6.07) is 4.04. The number of nitro benzene ring substituents is 1. The Morgan fingerprint density at radius 2 is 2.22 bits per heavy atom. The van der Waals surface area contributed by atoms with Gasteiger partial charge in [0.1, 0.15) is 13.2 Å². The quantitative estimate of drug-likeness (QED) is 0.456. The van der Waals surface area contributed by atoms with Gasteiger partial charge >= 0.3 is 0 Å². The minimum atomic E-state index is -0.632. The number of nitro groups is 1. The van der Waals surface area contributed by atoms with Crippen molar-refractivity contribution in [3.05, 3.63) is 41.0 Å². The lowest BCUT2D eigenvalue weighted by Gasteiger charge is -2.12. The largest absolute Gasteiger partial charge is 0.487 e. The molecule has 0 aromatic heterocycles. The average Bonchev–Trinajstić information content (AvgIpc) is 2.33. The zero-order chi connectivity index (χ0) is 13.5. The topological polar surface area (TPSA) is 81.8 Å². The van der Waals surface area contributed by atoms with Crippen LogP contribution in [0.4, 0.5) is 5.69 Å². The molecule has 1 rings (SSSR count). The number of aliphatic hydroxyl groups excluding tert-OH is 1. The number of aliphatic hydroxyl groups is 1. The Balaban J connectivity index is 2.92. The first-order valence-electron chi connectivity index (χ1n) is 5.37. The molecule has 6 nitrogen and oxygen atoms in total. The predicted octanol–water partition coefficient (Wildman–Crippen LogP) is 1.92. The fraction of sp³-hybridized carbons (Fsp3) is 0.333. The van der Waals surface area contributed by atoms with Crippen molar-refractivity contribution in [1.29, 1.82) is 0 Å². The second kappa shape index (κ2) is 6.61. The van der Waals surface area contributed by atoms with Crippen LogP contribution in [0.25, 0.3) is 0 Å². The summed E-state index contributed by atoms with van der Waals surface area (Å²) < 4.78 is 10.6. The van der Waals surface area contributed by atoms with Gasteiger partial charge in [-0.3, -0.25) is 10.1 Å². The molecule has 0 saturated carbocycles. The maximum absolute atomic E-state index is 10.7. The van der Waals surface area contributed by atoms with Crippen molar-refractivity contribution in [2.24, 2.45) is 0 Å². The third kappa shape index (κ3) is 4.06. The van der Waals surface area contributed by atoms with Gasteiger partial charge in [0.05, 0.1) is 17.1 Å². The minimum absolute atomic E-state index is 0.0848. The average molecular weight is 253 g/mol. The predicted molar refractivity (Wildman–Crippen MR) is 66.0 cm³/mol. The lowest BCUT2D eigenvalue weighted by molar-refractivity contribution is -0.385. The molecular weight excluding hydrogens is 238 g/mol. The summed E-state index contributed by atoms with van der Waals surface area (Å²) in [6.07, 6.45) is 0.893. The summed E-state index contributed by atoms with van der Waals surface area (Å²) in [6.45, 7) is 5.38. The molecule has 6 heteroatoms. The Morgan fingerprint density at radius 3 is 2.78 bits per heavy atom. The maximum atomic E-state index is 10.7. The molecule has 18 heavy (non-hydrogen) atoms. The molecule has 0 heterocycles. The molecule has 0 spiro atoms. The lowest BCUT2D eigenvalue weighted by Crippen LogP contribution is -2.13. The van der Waals surface area contributed by atoms with Crippen LogP contribution in [0.2, 0.25) is 0 Å².